The van der Waals surface area contributed by atoms with Crippen molar-refractivity contribution in [2.45, 2.75) is 6.92 Å². The van der Waals surface area contributed by atoms with Crippen LogP contribution in [0, 0.1) is 6.92 Å². The fraction of sp³-hybridized carbons (Fsp3) is 0.143. The molecule has 92 valence electrons. The maximum atomic E-state index is 12.2. The predicted octanol–water partition coefficient (Wildman–Crippen LogP) is 2.26. The highest BCUT2D eigenvalue weighted by molar-refractivity contribution is 6.10. The van der Waals surface area contributed by atoms with Crippen molar-refractivity contribution in [1.29, 1.82) is 0 Å². The van der Waals surface area contributed by atoms with Gasteiger partial charge in [0.2, 0.25) is 0 Å². The molecule has 0 aliphatic carbocycles. The Labute approximate surface area is 104 Å². The van der Waals surface area contributed by atoms with Crippen LogP contribution in [0.2, 0.25) is 0 Å². The van der Waals surface area contributed by atoms with Crippen LogP contribution >= 0.6 is 0 Å². The molecule has 0 radical (unpaired) electrons. The molecule has 1 heterocycles. The van der Waals surface area contributed by atoms with Crippen molar-refractivity contribution in [1.82, 2.24) is 4.57 Å². The van der Waals surface area contributed by atoms with Crippen LogP contribution in [-0.2, 0) is 7.05 Å². The van der Waals surface area contributed by atoms with Gasteiger partial charge in [-0.15, -0.1) is 0 Å². The van der Waals surface area contributed by atoms with Crippen molar-refractivity contribution in [3.05, 3.63) is 58.9 Å². The second-order valence-electron chi connectivity index (χ2n) is 4.17. The smallest absolute Gasteiger partial charge is 0.352 e. The summed E-state index contributed by atoms with van der Waals surface area (Å²) in [4.78, 5) is 23.2. The number of hydrogen-bond acceptors (Lipinski definition) is 2. The summed E-state index contributed by atoms with van der Waals surface area (Å²) in [6.07, 6.45) is 1.54. The zero-order chi connectivity index (χ0) is 13.3. The molecule has 0 bridgehead atoms. The Balaban J connectivity index is 2.44. The highest BCUT2D eigenvalue weighted by atomic mass is 16.4. The zero-order valence-electron chi connectivity index (χ0n) is 10.2. The number of carboxylic acids is 1. The van der Waals surface area contributed by atoms with Crippen molar-refractivity contribution in [3.8, 4) is 0 Å². The topological polar surface area (TPSA) is 59.3 Å². The number of aryl methyl sites for hydroxylation is 2. The standard InChI is InChI=1S/C14H13NO3/c1-9-5-3-4-6-11(9)13(16)10-7-12(14(17)18)15(2)8-10/h3-8H,1-2H3,(H,17,18). The Kier molecular flexibility index (Phi) is 3.02. The van der Waals surface area contributed by atoms with Crippen LogP contribution in [0.3, 0.4) is 0 Å². The molecule has 0 spiro atoms. The molecular weight excluding hydrogens is 230 g/mol. The number of nitrogens with zero attached hydrogens (tertiary/aromatic N) is 1. The number of hydrogen-bond donors (Lipinski definition) is 1. The minimum atomic E-state index is -1.04. The number of aromatic carboxylic acids is 1. The molecule has 0 atom stereocenters. The van der Waals surface area contributed by atoms with E-state index in [1.165, 1.54) is 16.8 Å². The van der Waals surface area contributed by atoms with E-state index in [-0.39, 0.29) is 11.5 Å². The Bertz CT molecular complexity index is 626. The van der Waals surface area contributed by atoms with Crippen LogP contribution in [0.4, 0.5) is 0 Å². The summed E-state index contributed by atoms with van der Waals surface area (Å²) < 4.78 is 1.44. The molecule has 0 amide bonds. The summed E-state index contributed by atoms with van der Waals surface area (Å²) in [5.74, 6) is -1.20. The first-order chi connectivity index (χ1) is 8.50. The van der Waals surface area contributed by atoms with Crippen LogP contribution in [0.25, 0.3) is 0 Å². The third-order valence-electron chi connectivity index (χ3n) is 2.88. The second kappa shape index (κ2) is 4.49. The van der Waals surface area contributed by atoms with Gasteiger partial charge in [-0.3, -0.25) is 4.79 Å². The van der Waals surface area contributed by atoms with Crippen LogP contribution in [0.1, 0.15) is 32.0 Å². The Morgan fingerprint density at radius 3 is 2.44 bits per heavy atom. The van der Waals surface area contributed by atoms with Gasteiger partial charge >= 0.3 is 5.97 Å². The highest BCUT2D eigenvalue weighted by Crippen LogP contribution is 2.16. The van der Waals surface area contributed by atoms with E-state index in [4.69, 9.17) is 5.11 Å². The molecule has 0 aliphatic rings. The molecule has 2 aromatic rings. The van der Waals surface area contributed by atoms with Crippen molar-refractivity contribution < 1.29 is 14.7 Å². The van der Waals surface area contributed by atoms with E-state index in [2.05, 4.69) is 0 Å². The van der Waals surface area contributed by atoms with Gasteiger partial charge in [0.25, 0.3) is 0 Å². The van der Waals surface area contributed by atoms with Gasteiger partial charge in [0.1, 0.15) is 5.69 Å². The molecule has 0 aliphatic heterocycles. The first-order valence-corrected chi connectivity index (χ1v) is 5.50. The third kappa shape index (κ3) is 2.05. The number of rotatable bonds is 3. The summed E-state index contributed by atoms with van der Waals surface area (Å²) in [5.41, 5.74) is 1.97. The van der Waals surface area contributed by atoms with E-state index in [0.29, 0.717) is 11.1 Å². The number of ketones is 1. The normalized spacial score (nSPS) is 10.3. The molecule has 1 N–H and O–H groups in total. The molecule has 1 aromatic carbocycles. The quantitative estimate of drug-likeness (QED) is 0.841. The van der Waals surface area contributed by atoms with Crippen LogP contribution in [-0.4, -0.2) is 21.4 Å². The average molecular weight is 243 g/mol. The lowest BCUT2D eigenvalue weighted by molar-refractivity contribution is 0.0686. The van der Waals surface area contributed by atoms with E-state index >= 15 is 0 Å². The molecule has 0 saturated heterocycles. The Hall–Kier alpha value is -2.36. The van der Waals surface area contributed by atoms with Gasteiger partial charge in [-0.2, -0.15) is 0 Å². The molecular formula is C14H13NO3. The van der Waals surface area contributed by atoms with E-state index < -0.39 is 5.97 Å². The first-order valence-electron chi connectivity index (χ1n) is 5.50. The van der Waals surface area contributed by atoms with Crippen molar-refractivity contribution in [2.24, 2.45) is 7.05 Å². The second-order valence-corrected chi connectivity index (χ2v) is 4.17. The van der Waals surface area contributed by atoms with Gasteiger partial charge in [0.15, 0.2) is 5.78 Å². The number of carbonyl (C=O) groups is 2. The lowest BCUT2D eigenvalue weighted by Gasteiger charge is -2.02. The van der Waals surface area contributed by atoms with Gasteiger partial charge in [0, 0.05) is 24.4 Å². The summed E-state index contributed by atoms with van der Waals surface area (Å²) >= 11 is 0. The maximum Gasteiger partial charge on any atom is 0.352 e. The maximum absolute atomic E-state index is 12.2. The molecule has 0 unspecified atom stereocenters. The van der Waals surface area contributed by atoms with Crippen molar-refractivity contribution in [2.75, 3.05) is 0 Å². The number of aromatic nitrogens is 1. The predicted molar refractivity (Wildman–Crippen MR) is 67.0 cm³/mol. The van der Waals surface area contributed by atoms with Gasteiger partial charge in [0.05, 0.1) is 0 Å². The molecule has 1 aromatic heterocycles. The minimum absolute atomic E-state index is 0.104. The third-order valence-corrected chi connectivity index (χ3v) is 2.88. The van der Waals surface area contributed by atoms with Gasteiger partial charge in [-0.1, -0.05) is 24.3 Å². The summed E-state index contributed by atoms with van der Waals surface area (Å²) in [6, 6.07) is 8.65. The van der Waals surface area contributed by atoms with Gasteiger partial charge in [-0.25, -0.2) is 4.79 Å². The number of carbonyl (C=O) groups excluding carboxylic acids is 1. The largest absolute Gasteiger partial charge is 0.477 e. The lowest BCUT2D eigenvalue weighted by Crippen LogP contribution is -2.02. The Morgan fingerprint density at radius 2 is 1.89 bits per heavy atom. The summed E-state index contributed by atoms with van der Waals surface area (Å²) in [5, 5.41) is 8.95. The molecule has 18 heavy (non-hydrogen) atoms. The lowest BCUT2D eigenvalue weighted by atomic mass is 10.0. The van der Waals surface area contributed by atoms with E-state index in [0.717, 1.165) is 5.56 Å². The number of benzene rings is 1. The van der Waals surface area contributed by atoms with Crippen LogP contribution in [0.15, 0.2) is 36.5 Å². The molecule has 0 saturated carbocycles. The first kappa shape index (κ1) is 12.1. The number of carboxylic acid groups (broad SMARTS) is 1. The van der Waals surface area contributed by atoms with Gasteiger partial charge in [-0.05, 0) is 18.6 Å². The monoisotopic (exact) mass is 243 g/mol. The molecule has 4 nitrogen and oxygen atoms in total. The highest BCUT2D eigenvalue weighted by Gasteiger charge is 2.17. The van der Waals surface area contributed by atoms with Crippen LogP contribution in [0.5, 0.6) is 0 Å². The fourth-order valence-electron chi connectivity index (χ4n) is 1.88. The summed E-state index contributed by atoms with van der Waals surface area (Å²) in [6.45, 7) is 1.86. The zero-order valence-corrected chi connectivity index (χ0v) is 10.2. The molecule has 2 rings (SSSR count). The SMILES string of the molecule is Cc1ccccc1C(=O)c1cc(C(=O)O)n(C)c1. The average Bonchev–Trinajstić information content (AvgIpc) is 2.71. The van der Waals surface area contributed by atoms with Crippen molar-refractivity contribution in [3.63, 3.8) is 0 Å². The molecule has 4 heteroatoms. The molecule has 0 fully saturated rings. The Morgan fingerprint density at radius 1 is 1.22 bits per heavy atom. The van der Waals surface area contributed by atoms with E-state index in [1.54, 1.807) is 19.2 Å². The van der Waals surface area contributed by atoms with E-state index in [9.17, 15) is 9.59 Å². The summed E-state index contributed by atoms with van der Waals surface area (Å²) in [7, 11) is 1.61. The van der Waals surface area contributed by atoms with Crippen molar-refractivity contribution >= 4 is 11.8 Å². The minimum Gasteiger partial charge on any atom is -0.477 e. The van der Waals surface area contributed by atoms with Crippen LogP contribution < -0.4 is 0 Å². The van der Waals surface area contributed by atoms with E-state index in [1.807, 2.05) is 19.1 Å². The van der Waals surface area contributed by atoms with Gasteiger partial charge < -0.3 is 9.67 Å². The fourth-order valence-corrected chi connectivity index (χ4v) is 1.88.